The molecule has 5 nitrogen and oxygen atoms in total. The van der Waals surface area contributed by atoms with Gasteiger partial charge in [-0.25, -0.2) is 0 Å². The summed E-state index contributed by atoms with van der Waals surface area (Å²) in [5.74, 6) is 2.19. The van der Waals surface area contributed by atoms with Gasteiger partial charge in [-0.1, -0.05) is 36.9 Å². The number of hydrogen-bond acceptors (Lipinski definition) is 4. The molecule has 3 rings (SSSR count). The van der Waals surface area contributed by atoms with Crippen LogP contribution in [-0.2, 0) is 11.3 Å². The minimum atomic E-state index is 0.293. The largest absolute Gasteiger partial charge is 0.493 e. The van der Waals surface area contributed by atoms with Crippen LogP contribution < -0.4 is 9.47 Å². The fraction of sp³-hybridized carbons (Fsp3) is 0.667. The molecule has 1 saturated heterocycles. The standard InChI is InChI=1S/C21H31ClN2O3/c1-26-18-9-8-17(20(22)21(18)27-2)15-23-11-10-19(25)24(13-12-23)14-16-6-4-3-5-7-16/h8-9,16H,3-7,10-15H2,1-2H3. The summed E-state index contributed by atoms with van der Waals surface area (Å²) in [6, 6.07) is 3.87. The van der Waals surface area contributed by atoms with Crippen LogP contribution in [0, 0.1) is 5.92 Å². The maximum absolute atomic E-state index is 12.6. The maximum Gasteiger partial charge on any atom is 0.223 e. The van der Waals surface area contributed by atoms with Crippen molar-refractivity contribution in [3.05, 3.63) is 22.7 Å². The van der Waals surface area contributed by atoms with E-state index in [0.29, 0.717) is 41.3 Å². The average molecular weight is 395 g/mol. The van der Waals surface area contributed by atoms with Crippen molar-refractivity contribution in [3.8, 4) is 11.5 Å². The summed E-state index contributed by atoms with van der Waals surface area (Å²) in [6.07, 6.45) is 7.11. The molecule has 0 atom stereocenters. The van der Waals surface area contributed by atoms with Crippen LogP contribution in [0.2, 0.25) is 5.02 Å². The molecule has 0 unspecified atom stereocenters. The van der Waals surface area contributed by atoms with Gasteiger partial charge in [0.2, 0.25) is 5.91 Å². The van der Waals surface area contributed by atoms with Gasteiger partial charge in [-0.2, -0.15) is 0 Å². The Morgan fingerprint density at radius 3 is 2.56 bits per heavy atom. The van der Waals surface area contributed by atoms with Crippen molar-refractivity contribution >= 4 is 17.5 Å². The van der Waals surface area contributed by atoms with Crippen molar-refractivity contribution in [2.24, 2.45) is 5.92 Å². The Morgan fingerprint density at radius 2 is 1.85 bits per heavy atom. The van der Waals surface area contributed by atoms with E-state index in [0.717, 1.165) is 31.7 Å². The predicted molar refractivity (Wildman–Crippen MR) is 108 cm³/mol. The summed E-state index contributed by atoms with van der Waals surface area (Å²) in [5.41, 5.74) is 1.00. The van der Waals surface area contributed by atoms with Gasteiger partial charge in [0.1, 0.15) is 0 Å². The lowest BCUT2D eigenvalue weighted by molar-refractivity contribution is -0.131. The second kappa shape index (κ2) is 9.65. The van der Waals surface area contributed by atoms with Gasteiger partial charge < -0.3 is 14.4 Å². The van der Waals surface area contributed by atoms with Crippen molar-refractivity contribution in [2.45, 2.75) is 45.1 Å². The molecule has 0 spiro atoms. The lowest BCUT2D eigenvalue weighted by atomic mass is 9.89. The van der Waals surface area contributed by atoms with Crippen LogP contribution in [0.1, 0.15) is 44.1 Å². The number of carbonyl (C=O) groups is 1. The molecule has 0 radical (unpaired) electrons. The first-order valence-electron chi connectivity index (χ1n) is 10.0. The number of carbonyl (C=O) groups excluding carboxylic acids is 1. The number of hydrogen-bond donors (Lipinski definition) is 0. The third-order valence-corrected chi connectivity index (χ3v) is 6.26. The Balaban J connectivity index is 1.61. The molecule has 2 fully saturated rings. The highest BCUT2D eigenvalue weighted by Gasteiger charge is 2.25. The van der Waals surface area contributed by atoms with Gasteiger partial charge in [0.15, 0.2) is 11.5 Å². The van der Waals surface area contributed by atoms with E-state index in [2.05, 4.69) is 9.80 Å². The number of benzene rings is 1. The second-order valence-electron chi connectivity index (χ2n) is 7.64. The van der Waals surface area contributed by atoms with Gasteiger partial charge in [-0.15, -0.1) is 0 Å². The van der Waals surface area contributed by atoms with Crippen LogP contribution in [-0.4, -0.2) is 56.1 Å². The summed E-state index contributed by atoms with van der Waals surface area (Å²) >= 11 is 6.53. The fourth-order valence-electron chi connectivity index (χ4n) is 4.24. The Hall–Kier alpha value is -1.46. The van der Waals surface area contributed by atoms with Crippen molar-refractivity contribution in [1.82, 2.24) is 9.80 Å². The summed E-state index contributed by atoms with van der Waals surface area (Å²) < 4.78 is 10.7. The van der Waals surface area contributed by atoms with Gasteiger partial charge in [0.25, 0.3) is 0 Å². The molecule has 1 saturated carbocycles. The monoisotopic (exact) mass is 394 g/mol. The summed E-state index contributed by atoms with van der Waals surface area (Å²) in [5, 5.41) is 0.589. The molecular formula is C21H31ClN2O3. The highest BCUT2D eigenvalue weighted by Crippen LogP contribution is 2.37. The minimum Gasteiger partial charge on any atom is -0.493 e. The van der Waals surface area contributed by atoms with E-state index in [1.165, 1.54) is 32.1 Å². The first-order valence-corrected chi connectivity index (χ1v) is 10.4. The van der Waals surface area contributed by atoms with E-state index in [9.17, 15) is 4.79 Å². The highest BCUT2D eigenvalue weighted by molar-refractivity contribution is 6.33. The molecule has 1 aromatic carbocycles. The van der Waals surface area contributed by atoms with Gasteiger partial charge in [0, 0.05) is 39.1 Å². The smallest absolute Gasteiger partial charge is 0.223 e. The third kappa shape index (κ3) is 5.08. The molecule has 0 N–H and O–H groups in total. The molecule has 150 valence electrons. The Bertz CT molecular complexity index is 647. The van der Waals surface area contributed by atoms with E-state index in [1.54, 1.807) is 14.2 Å². The number of rotatable bonds is 6. The molecule has 1 aliphatic carbocycles. The van der Waals surface area contributed by atoms with Gasteiger partial charge in [-0.05, 0) is 30.4 Å². The molecule has 1 aliphatic heterocycles. The fourth-order valence-corrected chi connectivity index (χ4v) is 4.53. The zero-order valence-electron chi connectivity index (χ0n) is 16.5. The van der Waals surface area contributed by atoms with Crippen LogP contribution >= 0.6 is 11.6 Å². The van der Waals surface area contributed by atoms with E-state index >= 15 is 0 Å². The molecule has 2 aliphatic rings. The number of amides is 1. The van der Waals surface area contributed by atoms with Crippen LogP contribution in [0.5, 0.6) is 11.5 Å². The van der Waals surface area contributed by atoms with Crippen molar-refractivity contribution in [1.29, 1.82) is 0 Å². The molecule has 1 amide bonds. The number of methoxy groups -OCH3 is 2. The Labute approximate surface area is 167 Å². The SMILES string of the molecule is COc1ccc(CN2CCC(=O)N(CC3CCCCC3)CC2)c(Cl)c1OC. The van der Waals surface area contributed by atoms with Crippen LogP contribution in [0.15, 0.2) is 12.1 Å². The summed E-state index contributed by atoms with van der Waals surface area (Å²) in [6.45, 7) is 4.10. The normalized spacial score (nSPS) is 19.8. The van der Waals surface area contributed by atoms with Gasteiger partial charge in [-0.3, -0.25) is 9.69 Å². The number of nitrogens with zero attached hydrogens (tertiary/aromatic N) is 2. The van der Waals surface area contributed by atoms with Crippen LogP contribution in [0.25, 0.3) is 0 Å². The Morgan fingerprint density at radius 1 is 1.07 bits per heavy atom. The van der Waals surface area contributed by atoms with Crippen LogP contribution in [0.3, 0.4) is 0 Å². The second-order valence-corrected chi connectivity index (χ2v) is 8.02. The first-order chi connectivity index (χ1) is 13.1. The number of ether oxygens (including phenoxy) is 2. The predicted octanol–water partition coefficient (Wildman–Crippen LogP) is 3.97. The zero-order chi connectivity index (χ0) is 19.2. The molecule has 6 heteroatoms. The van der Waals surface area contributed by atoms with E-state index in [4.69, 9.17) is 21.1 Å². The quantitative estimate of drug-likeness (QED) is 0.732. The van der Waals surface area contributed by atoms with Crippen molar-refractivity contribution in [3.63, 3.8) is 0 Å². The molecular weight excluding hydrogens is 364 g/mol. The van der Waals surface area contributed by atoms with Gasteiger partial charge >= 0.3 is 0 Å². The topological polar surface area (TPSA) is 42.0 Å². The van der Waals surface area contributed by atoms with Crippen LogP contribution in [0.4, 0.5) is 0 Å². The highest BCUT2D eigenvalue weighted by atomic mass is 35.5. The lowest BCUT2D eigenvalue weighted by Crippen LogP contribution is -2.37. The zero-order valence-corrected chi connectivity index (χ0v) is 17.3. The average Bonchev–Trinajstić information content (AvgIpc) is 2.86. The van der Waals surface area contributed by atoms with E-state index in [-0.39, 0.29) is 0 Å². The van der Waals surface area contributed by atoms with E-state index < -0.39 is 0 Å². The van der Waals surface area contributed by atoms with Crippen molar-refractivity contribution in [2.75, 3.05) is 40.4 Å². The molecule has 1 aromatic rings. The Kier molecular flexibility index (Phi) is 7.25. The molecule has 0 bridgehead atoms. The first kappa shape index (κ1) is 20.3. The molecule has 27 heavy (non-hydrogen) atoms. The maximum atomic E-state index is 12.6. The van der Waals surface area contributed by atoms with Gasteiger partial charge in [0.05, 0.1) is 19.2 Å². The summed E-state index contributed by atoms with van der Waals surface area (Å²) in [7, 11) is 3.20. The minimum absolute atomic E-state index is 0.293. The summed E-state index contributed by atoms with van der Waals surface area (Å²) in [4.78, 5) is 17.0. The molecule has 0 aromatic heterocycles. The van der Waals surface area contributed by atoms with E-state index in [1.807, 2.05) is 12.1 Å². The number of halogens is 1. The lowest BCUT2D eigenvalue weighted by Gasteiger charge is -2.29. The van der Waals surface area contributed by atoms with Crippen molar-refractivity contribution < 1.29 is 14.3 Å². The molecule has 1 heterocycles. The third-order valence-electron chi connectivity index (χ3n) is 5.84.